The molecule has 0 amide bonds. The number of rotatable bonds is 2. The largest absolute Gasteiger partial charge is 0.456 e. The van der Waals surface area contributed by atoms with E-state index >= 15 is 0 Å². The first-order valence-corrected chi connectivity index (χ1v) is 5.38. The molecular formula is C11H11F3N2O2. The van der Waals surface area contributed by atoms with Crippen LogP contribution in [0.25, 0.3) is 0 Å². The zero-order valence-corrected chi connectivity index (χ0v) is 9.31. The van der Waals surface area contributed by atoms with E-state index in [0.29, 0.717) is 25.2 Å². The molecule has 1 atom stereocenters. The summed E-state index contributed by atoms with van der Waals surface area (Å²) in [6.45, 7) is 1.05. The summed E-state index contributed by atoms with van der Waals surface area (Å²) in [6.07, 6.45) is -3.50. The number of β-amino-alcohol motifs (C(OH)–C–C–N with tert-alkyl or cyclic N) is 1. The SMILES string of the molecule is O=C(c1ccc(N2CC[C@H](O)C2)cn1)C(F)(F)F. The van der Waals surface area contributed by atoms with Crippen molar-refractivity contribution < 1.29 is 23.1 Å². The number of aliphatic hydroxyl groups is 1. The smallest absolute Gasteiger partial charge is 0.391 e. The second-order valence-corrected chi connectivity index (χ2v) is 4.12. The molecule has 1 saturated heterocycles. The molecule has 18 heavy (non-hydrogen) atoms. The monoisotopic (exact) mass is 260 g/mol. The van der Waals surface area contributed by atoms with E-state index in [-0.39, 0.29) is 0 Å². The lowest BCUT2D eigenvalue weighted by Crippen LogP contribution is -2.24. The van der Waals surface area contributed by atoms with Crippen LogP contribution in [0.15, 0.2) is 18.3 Å². The molecule has 7 heteroatoms. The van der Waals surface area contributed by atoms with E-state index in [2.05, 4.69) is 4.98 Å². The van der Waals surface area contributed by atoms with E-state index in [1.54, 1.807) is 4.90 Å². The Morgan fingerprint density at radius 3 is 2.61 bits per heavy atom. The van der Waals surface area contributed by atoms with Crippen LogP contribution in [-0.4, -0.2) is 41.2 Å². The van der Waals surface area contributed by atoms with Crippen LogP contribution >= 0.6 is 0 Å². The van der Waals surface area contributed by atoms with Gasteiger partial charge in [0.2, 0.25) is 0 Å². The van der Waals surface area contributed by atoms with Crippen LogP contribution in [-0.2, 0) is 0 Å². The van der Waals surface area contributed by atoms with Crippen LogP contribution in [0.5, 0.6) is 0 Å². The molecule has 4 nitrogen and oxygen atoms in total. The summed E-state index contributed by atoms with van der Waals surface area (Å²) in [6, 6.07) is 2.46. The second kappa shape index (κ2) is 4.56. The molecule has 1 fully saturated rings. The Bertz CT molecular complexity index is 445. The molecule has 1 N–H and O–H groups in total. The first-order valence-electron chi connectivity index (χ1n) is 5.38. The molecule has 0 aliphatic carbocycles. The van der Waals surface area contributed by atoms with Crippen LogP contribution in [0.4, 0.5) is 18.9 Å². The summed E-state index contributed by atoms with van der Waals surface area (Å²) in [5.41, 5.74) is -0.0173. The zero-order valence-electron chi connectivity index (χ0n) is 9.31. The molecule has 0 unspecified atom stereocenters. The van der Waals surface area contributed by atoms with Gasteiger partial charge in [-0.15, -0.1) is 0 Å². The minimum absolute atomic E-state index is 0.425. The number of Topliss-reactive ketones (excluding diaryl/α,β-unsaturated/α-hetero) is 1. The average Bonchev–Trinajstić information content (AvgIpc) is 2.74. The molecule has 2 heterocycles. The predicted octanol–water partition coefficient (Wildman–Crippen LogP) is 1.40. The highest BCUT2D eigenvalue weighted by Crippen LogP contribution is 2.23. The molecule has 1 aliphatic heterocycles. The Kier molecular flexibility index (Phi) is 3.25. The molecule has 0 aromatic carbocycles. The Morgan fingerprint density at radius 1 is 1.44 bits per heavy atom. The van der Waals surface area contributed by atoms with Crippen molar-refractivity contribution in [1.29, 1.82) is 0 Å². The minimum atomic E-state index is -4.90. The van der Waals surface area contributed by atoms with Crippen LogP contribution < -0.4 is 4.90 Å². The van der Waals surface area contributed by atoms with Gasteiger partial charge in [-0.3, -0.25) is 9.78 Å². The van der Waals surface area contributed by atoms with Crippen LogP contribution in [0.2, 0.25) is 0 Å². The standard InChI is InChI=1S/C11H11F3N2O2/c12-11(13,14)10(18)9-2-1-7(5-15-9)16-4-3-8(17)6-16/h1-2,5,8,17H,3-4,6H2/t8-/m0/s1. The topological polar surface area (TPSA) is 53.4 Å². The summed E-state index contributed by atoms with van der Waals surface area (Å²) in [7, 11) is 0. The third-order valence-corrected chi connectivity index (χ3v) is 2.77. The Labute approximate surface area is 101 Å². The van der Waals surface area contributed by atoms with Crippen molar-refractivity contribution in [2.75, 3.05) is 18.0 Å². The molecule has 0 spiro atoms. The van der Waals surface area contributed by atoms with E-state index in [0.717, 1.165) is 6.07 Å². The highest BCUT2D eigenvalue weighted by atomic mass is 19.4. The van der Waals surface area contributed by atoms with Crippen molar-refractivity contribution in [3.8, 4) is 0 Å². The number of ketones is 1. The molecule has 0 radical (unpaired) electrons. The molecule has 0 bridgehead atoms. The lowest BCUT2D eigenvalue weighted by atomic mass is 10.2. The minimum Gasteiger partial charge on any atom is -0.391 e. The lowest BCUT2D eigenvalue weighted by Gasteiger charge is -2.17. The Hall–Kier alpha value is -1.63. The van der Waals surface area contributed by atoms with Gasteiger partial charge in [0.1, 0.15) is 5.69 Å². The van der Waals surface area contributed by atoms with Crippen molar-refractivity contribution in [3.63, 3.8) is 0 Å². The van der Waals surface area contributed by atoms with Crippen molar-refractivity contribution in [1.82, 2.24) is 4.98 Å². The van der Waals surface area contributed by atoms with Gasteiger partial charge >= 0.3 is 6.18 Å². The van der Waals surface area contributed by atoms with Gasteiger partial charge < -0.3 is 10.0 Å². The van der Waals surface area contributed by atoms with Gasteiger partial charge in [0.05, 0.1) is 18.0 Å². The summed E-state index contributed by atoms with van der Waals surface area (Å²) in [5, 5.41) is 9.35. The fourth-order valence-electron chi connectivity index (χ4n) is 1.83. The van der Waals surface area contributed by atoms with Gasteiger partial charge in [-0.05, 0) is 18.6 Å². The average molecular weight is 260 g/mol. The molecule has 1 aromatic rings. The fraction of sp³-hybridized carbons (Fsp3) is 0.455. The van der Waals surface area contributed by atoms with E-state index in [4.69, 9.17) is 0 Å². The summed E-state index contributed by atoms with van der Waals surface area (Å²) in [5.74, 6) is -1.95. The van der Waals surface area contributed by atoms with Crippen LogP contribution in [0.1, 0.15) is 16.9 Å². The van der Waals surface area contributed by atoms with E-state index < -0.39 is 23.8 Å². The lowest BCUT2D eigenvalue weighted by molar-refractivity contribution is -0.0888. The van der Waals surface area contributed by atoms with Crippen LogP contribution in [0, 0.1) is 0 Å². The van der Waals surface area contributed by atoms with Crippen molar-refractivity contribution in [2.24, 2.45) is 0 Å². The van der Waals surface area contributed by atoms with E-state index in [9.17, 15) is 23.1 Å². The predicted molar refractivity (Wildman–Crippen MR) is 57.5 cm³/mol. The maximum atomic E-state index is 12.2. The highest BCUT2D eigenvalue weighted by Gasteiger charge is 2.40. The second-order valence-electron chi connectivity index (χ2n) is 4.12. The highest BCUT2D eigenvalue weighted by molar-refractivity contribution is 5.98. The molecule has 1 aliphatic rings. The van der Waals surface area contributed by atoms with Crippen molar-refractivity contribution in [3.05, 3.63) is 24.0 Å². The number of carbonyl (C=O) groups is 1. The van der Waals surface area contributed by atoms with Gasteiger partial charge in [0.25, 0.3) is 5.78 Å². The van der Waals surface area contributed by atoms with Gasteiger partial charge in [0.15, 0.2) is 0 Å². The molecule has 2 rings (SSSR count). The number of alkyl halides is 3. The Balaban J connectivity index is 2.13. The number of carbonyl (C=O) groups excluding carboxylic acids is 1. The molecular weight excluding hydrogens is 249 g/mol. The van der Waals surface area contributed by atoms with Gasteiger partial charge in [-0.2, -0.15) is 13.2 Å². The number of halogens is 3. The van der Waals surface area contributed by atoms with Crippen LogP contribution in [0.3, 0.4) is 0 Å². The van der Waals surface area contributed by atoms with Crippen molar-refractivity contribution in [2.45, 2.75) is 18.7 Å². The quantitative estimate of drug-likeness (QED) is 0.817. The maximum absolute atomic E-state index is 12.2. The van der Waals surface area contributed by atoms with Gasteiger partial charge in [-0.1, -0.05) is 0 Å². The normalized spacial score (nSPS) is 20.2. The number of hydrogen-bond acceptors (Lipinski definition) is 4. The van der Waals surface area contributed by atoms with Crippen molar-refractivity contribution >= 4 is 11.5 Å². The number of pyridine rings is 1. The Morgan fingerprint density at radius 2 is 2.17 bits per heavy atom. The summed E-state index contributed by atoms with van der Waals surface area (Å²) >= 11 is 0. The van der Waals surface area contributed by atoms with Gasteiger partial charge in [0, 0.05) is 13.1 Å². The first kappa shape index (κ1) is 12.8. The number of nitrogens with zero attached hydrogens (tertiary/aromatic N) is 2. The number of aromatic nitrogens is 1. The van der Waals surface area contributed by atoms with Gasteiger partial charge in [-0.25, -0.2) is 0 Å². The molecule has 0 saturated carbocycles. The third-order valence-electron chi connectivity index (χ3n) is 2.77. The third kappa shape index (κ3) is 2.61. The number of aliphatic hydroxyl groups excluding tert-OH is 1. The zero-order chi connectivity index (χ0) is 13.3. The number of anilines is 1. The summed E-state index contributed by atoms with van der Waals surface area (Å²) in [4.78, 5) is 16.2. The number of hydrogen-bond donors (Lipinski definition) is 1. The molecule has 1 aromatic heterocycles. The summed E-state index contributed by atoms with van der Waals surface area (Å²) < 4.78 is 36.5. The van der Waals surface area contributed by atoms with E-state index in [1.807, 2.05) is 0 Å². The fourth-order valence-corrected chi connectivity index (χ4v) is 1.83. The van der Waals surface area contributed by atoms with E-state index in [1.165, 1.54) is 12.3 Å². The maximum Gasteiger partial charge on any atom is 0.456 e. The first-order chi connectivity index (χ1) is 8.38. The molecule has 98 valence electrons.